The topological polar surface area (TPSA) is 64.8 Å². The van der Waals surface area contributed by atoms with E-state index in [0.29, 0.717) is 37.9 Å². The summed E-state index contributed by atoms with van der Waals surface area (Å²) in [7, 11) is 0. The molecule has 0 aromatic heterocycles. The number of hydrogen-bond donors (Lipinski definition) is 1. The van der Waals surface area contributed by atoms with E-state index in [2.05, 4.69) is 0 Å². The van der Waals surface area contributed by atoms with E-state index in [1.165, 1.54) is 0 Å². The van der Waals surface area contributed by atoms with Crippen molar-refractivity contribution in [2.75, 3.05) is 39.5 Å². The van der Waals surface area contributed by atoms with Gasteiger partial charge in [0.1, 0.15) is 12.7 Å². The first-order chi connectivity index (χ1) is 9.70. The maximum absolute atomic E-state index is 12.0. The van der Waals surface area contributed by atoms with Crippen LogP contribution in [0.1, 0.15) is 11.7 Å². The van der Waals surface area contributed by atoms with Crippen LogP contribution in [-0.4, -0.2) is 50.3 Å². The van der Waals surface area contributed by atoms with E-state index in [0.717, 1.165) is 5.56 Å². The lowest BCUT2D eigenvalue weighted by Crippen LogP contribution is -2.44. The Balaban J connectivity index is 1.91. The molecule has 1 aromatic carbocycles. The SMILES string of the molecule is NCCOCC(=O)N1CCOC(c2ccc(Cl)cc2)C1. The van der Waals surface area contributed by atoms with Gasteiger partial charge in [-0.15, -0.1) is 0 Å². The molecule has 0 bridgehead atoms. The fourth-order valence-corrected chi connectivity index (χ4v) is 2.21. The maximum Gasteiger partial charge on any atom is 0.248 e. The van der Waals surface area contributed by atoms with E-state index >= 15 is 0 Å². The van der Waals surface area contributed by atoms with Crippen LogP contribution >= 0.6 is 11.6 Å². The second-order valence-corrected chi connectivity index (χ2v) is 5.03. The van der Waals surface area contributed by atoms with E-state index in [1.54, 1.807) is 4.90 Å². The second kappa shape index (κ2) is 7.59. The minimum atomic E-state index is -0.112. The predicted octanol–water partition coefficient (Wildman–Crippen LogP) is 1.22. The molecule has 1 aliphatic rings. The molecular weight excluding hydrogens is 280 g/mol. The maximum atomic E-state index is 12.0. The van der Waals surface area contributed by atoms with Gasteiger partial charge in [0.2, 0.25) is 5.91 Å². The smallest absolute Gasteiger partial charge is 0.248 e. The summed E-state index contributed by atoms with van der Waals surface area (Å²) >= 11 is 5.87. The summed E-state index contributed by atoms with van der Waals surface area (Å²) in [5, 5.41) is 0.688. The third-order valence-electron chi connectivity index (χ3n) is 3.15. The number of carbonyl (C=O) groups excluding carboxylic acids is 1. The Morgan fingerprint density at radius 1 is 1.45 bits per heavy atom. The van der Waals surface area contributed by atoms with Crippen molar-refractivity contribution >= 4 is 17.5 Å². The number of amides is 1. The fraction of sp³-hybridized carbons (Fsp3) is 0.500. The summed E-state index contributed by atoms with van der Waals surface area (Å²) in [6.45, 7) is 2.54. The number of benzene rings is 1. The standard InChI is InChI=1S/C14H19ClN2O3/c15-12-3-1-11(2-4-12)13-9-17(6-8-20-13)14(18)10-19-7-5-16/h1-4,13H,5-10,16H2. The molecule has 0 aliphatic carbocycles. The van der Waals surface area contributed by atoms with Gasteiger partial charge >= 0.3 is 0 Å². The van der Waals surface area contributed by atoms with Crippen LogP contribution in [0.5, 0.6) is 0 Å². The quantitative estimate of drug-likeness (QED) is 0.830. The summed E-state index contributed by atoms with van der Waals surface area (Å²) in [6.07, 6.45) is -0.112. The first-order valence-electron chi connectivity index (χ1n) is 6.63. The number of morpholine rings is 1. The van der Waals surface area contributed by atoms with Gasteiger partial charge in [0.05, 0.1) is 19.8 Å². The molecule has 1 heterocycles. The van der Waals surface area contributed by atoms with Crippen molar-refractivity contribution in [2.45, 2.75) is 6.10 Å². The lowest BCUT2D eigenvalue weighted by molar-refractivity contribution is -0.143. The Hall–Kier alpha value is -1.14. The molecule has 1 fully saturated rings. The van der Waals surface area contributed by atoms with E-state index in [9.17, 15) is 4.79 Å². The van der Waals surface area contributed by atoms with Gasteiger partial charge in [-0.05, 0) is 17.7 Å². The Bertz CT molecular complexity index is 439. The summed E-state index contributed by atoms with van der Waals surface area (Å²) < 4.78 is 10.9. The molecule has 1 aromatic rings. The predicted molar refractivity (Wildman–Crippen MR) is 76.6 cm³/mol. The average molecular weight is 299 g/mol. The number of nitrogens with zero attached hydrogens (tertiary/aromatic N) is 1. The second-order valence-electron chi connectivity index (χ2n) is 4.59. The number of nitrogens with two attached hydrogens (primary N) is 1. The van der Waals surface area contributed by atoms with E-state index < -0.39 is 0 Å². The van der Waals surface area contributed by atoms with E-state index in [-0.39, 0.29) is 18.6 Å². The van der Waals surface area contributed by atoms with Crippen molar-refractivity contribution in [1.82, 2.24) is 4.90 Å². The van der Waals surface area contributed by atoms with Crippen LogP contribution in [0.2, 0.25) is 5.02 Å². The molecule has 0 saturated carbocycles. The molecule has 0 radical (unpaired) electrons. The summed E-state index contributed by atoms with van der Waals surface area (Å²) in [5.41, 5.74) is 6.35. The molecule has 1 saturated heterocycles. The number of rotatable bonds is 5. The zero-order valence-corrected chi connectivity index (χ0v) is 12.0. The molecular formula is C14H19ClN2O3. The van der Waals surface area contributed by atoms with Gasteiger partial charge in [-0.3, -0.25) is 4.79 Å². The third-order valence-corrected chi connectivity index (χ3v) is 3.40. The van der Waals surface area contributed by atoms with Crippen molar-refractivity contribution in [3.8, 4) is 0 Å². The molecule has 1 unspecified atom stereocenters. The van der Waals surface area contributed by atoms with Gasteiger partial charge in [0.15, 0.2) is 0 Å². The summed E-state index contributed by atoms with van der Waals surface area (Å²) in [6, 6.07) is 7.49. The highest BCUT2D eigenvalue weighted by Crippen LogP contribution is 2.23. The minimum Gasteiger partial charge on any atom is -0.370 e. The Kier molecular flexibility index (Phi) is 5.79. The van der Waals surface area contributed by atoms with Crippen molar-refractivity contribution < 1.29 is 14.3 Å². The first kappa shape index (κ1) is 15.3. The normalized spacial score (nSPS) is 19.1. The van der Waals surface area contributed by atoms with Crippen LogP contribution < -0.4 is 5.73 Å². The fourth-order valence-electron chi connectivity index (χ4n) is 2.09. The van der Waals surface area contributed by atoms with Crippen LogP contribution in [-0.2, 0) is 14.3 Å². The molecule has 2 N–H and O–H groups in total. The van der Waals surface area contributed by atoms with Crippen LogP contribution in [0.25, 0.3) is 0 Å². The van der Waals surface area contributed by atoms with E-state index in [4.69, 9.17) is 26.8 Å². The van der Waals surface area contributed by atoms with Gasteiger partial charge in [-0.25, -0.2) is 0 Å². The molecule has 1 amide bonds. The monoisotopic (exact) mass is 298 g/mol. The third kappa shape index (κ3) is 4.18. The highest BCUT2D eigenvalue weighted by Gasteiger charge is 2.25. The van der Waals surface area contributed by atoms with Gasteiger partial charge in [0, 0.05) is 18.1 Å². The molecule has 2 rings (SSSR count). The van der Waals surface area contributed by atoms with Gasteiger partial charge < -0.3 is 20.1 Å². The lowest BCUT2D eigenvalue weighted by atomic mass is 10.1. The van der Waals surface area contributed by atoms with Crippen molar-refractivity contribution in [2.24, 2.45) is 5.73 Å². The Morgan fingerprint density at radius 2 is 2.20 bits per heavy atom. The molecule has 110 valence electrons. The van der Waals surface area contributed by atoms with E-state index in [1.807, 2.05) is 24.3 Å². The summed E-state index contributed by atoms with van der Waals surface area (Å²) in [5.74, 6) is -0.0271. The molecule has 6 heteroatoms. The largest absolute Gasteiger partial charge is 0.370 e. The van der Waals surface area contributed by atoms with Crippen molar-refractivity contribution in [3.05, 3.63) is 34.9 Å². The van der Waals surface area contributed by atoms with Gasteiger partial charge in [-0.1, -0.05) is 23.7 Å². The van der Waals surface area contributed by atoms with Crippen LogP contribution in [0.4, 0.5) is 0 Å². The molecule has 1 aliphatic heterocycles. The molecule has 20 heavy (non-hydrogen) atoms. The Labute approximate surface area is 123 Å². The number of carbonyl (C=O) groups is 1. The highest BCUT2D eigenvalue weighted by molar-refractivity contribution is 6.30. The minimum absolute atomic E-state index is 0.0271. The number of halogens is 1. The van der Waals surface area contributed by atoms with Gasteiger partial charge in [-0.2, -0.15) is 0 Å². The van der Waals surface area contributed by atoms with Crippen LogP contribution in [0, 0.1) is 0 Å². The summed E-state index contributed by atoms with van der Waals surface area (Å²) in [4.78, 5) is 13.8. The highest BCUT2D eigenvalue weighted by atomic mass is 35.5. The molecule has 5 nitrogen and oxygen atoms in total. The zero-order chi connectivity index (χ0) is 14.4. The van der Waals surface area contributed by atoms with Crippen LogP contribution in [0.15, 0.2) is 24.3 Å². The molecule has 1 atom stereocenters. The lowest BCUT2D eigenvalue weighted by Gasteiger charge is -2.33. The van der Waals surface area contributed by atoms with Gasteiger partial charge in [0.25, 0.3) is 0 Å². The molecule has 0 spiro atoms. The Morgan fingerprint density at radius 3 is 2.90 bits per heavy atom. The zero-order valence-electron chi connectivity index (χ0n) is 11.3. The van der Waals surface area contributed by atoms with Crippen molar-refractivity contribution in [3.63, 3.8) is 0 Å². The first-order valence-corrected chi connectivity index (χ1v) is 7.01. The number of hydrogen-bond acceptors (Lipinski definition) is 4. The van der Waals surface area contributed by atoms with Crippen molar-refractivity contribution in [1.29, 1.82) is 0 Å². The van der Waals surface area contributed by atoms with Crippen LogP contribution in [0.3, 0.4) is 0 Å². The number of ether oxygens (including phenoxy) is 2. The average Bonchev–Trinajstić information content (AvgIpc) is 2.48.